The molecule has 2 fully saturated rings. The van der Waals surface area contributed by atoms with E-state index < -0.39 is 0 Å². The number of ether oxygens (including phenoxy) is 2. The molecule has 98 valence electrons. The smallest absolute Gasteiger partial charge is 0.122 e. The normalized spacial score (nSPS) is 25.7. The molecule has 3 heterocycles. The summed E-state index contributed by atoms with van der Waals surface area (Å²) in [6, 6.07) is 4.49. The number of aromatic nitrogens is 1. The minimum atomic E-state index is 0.646. The van der Waals surface area contributed by atoms with E-state index in [4.69, 9.17) is 9.47 Å². The lowest BCUT2D eigenvalue weighted by Gasteiger charge is -2.41. The highest BCUT2D eigenvalue weighted by Gasteiger charge is 2.30. The molecule has 4 heteroatoms. The fourth-order valence-electron chi connectivity index (χ4n) is 2.65. The van der Waals surface area contributed by atoms with Gasteiger partial charge in [-0.05, 0) is 31.5 Å². The van der Waals surface area contributed by atoms with Crippen molar-refractivity contribution >= 4 is 0 Å². The van der Waals surface area contributed by atoms with Gasteiger partial charge in [0.15, 0.2) is 0 Å². The van der Waals surface area contributed by atoms with Gasteiger partial charge in [0.05, 0.1) is 25.9 Å². The summed E-state index contributed by atoms with van der Waals surface area (Å²) in [5, 5.41) is 0. The summed E-state index contributed by atoms with van der Waals surface area (Å²) in [4.78, 5) is 6.56. The first-order valence-electron chi connectivity index (χ1n) is 6.76. The Hall–Kier alpha value is -1.13. The highest BCUT2D eigenvalue weighted by atomic mass is 16.5. The van der Waals surface area contributed by atoms with Crippen LogP contribution < -0.4 is 4.74 Å². The lowest BCUT2D eigenvalue weighted by Crippen LogP contribution is -2.53. The van der Waals surface area contributed by atoms with E-state index in [0.717, 1.165) is 32.1 Å². The van der Waals surface area contributed by atoms with Gasteiger partial charge in [0.25, 0.3) is 0 Å². The van der Waals surface area contributed by atoms with E-state index in [-0.39, 0.29) is 0 Å². The second-order valence-electron chi connectivity index (χ2n) is 5.19. The van der Waals surface area contributed by atoms with Crippen molar-refractivity contribution < 1.29 is 9.47 Å². The van der Waals surface area contributed by atoms with E-state index in [9.17, 15) is 0 Å². The molecule has 1 unspecified atom stereocenters. The van der Waals surface area contributed by atoms with Crippen molar-refractivity contribution in [1.29, 1.82) is 0 Å². The maximum absolute atomic E-state index is 5.83. The van der Waals surface area contributed by atoms with Crippen LogP contribution in [0.4, 0.5) is 0 Å². The predicted octanol–water partition coefficient (Wildman–Crippen LogP) is 1.57. The summed E-state index contributed by atoms with van der Waals surface area (Å²) < 4.78 is 11.1. The molecule has 0 spiro atoms. The van der Waals surface area contributed by atoms with Gasteiger partial charge in [-0.2, -0.15) is 0 Å². The summed E-state index contributed by atoms with van der Waals surface area (Å²) in [6.07, 6.45) is 6.10. The summed E-state index contributed by atoms with van der Waals surface area (Å²) in [7, 11) is 0. The van der Waals surface area contributed by atoms with Gasteiger partial charge in [-0.3, -0.25) is 9.88 Å². The summed E-state index contributed by atoms with van der Waals surface area (Å²) in [6.45, 7) is 5.02. The molecule has 2 saturated heterocycles. The Kier molecular flexibility index (Phi) is 3.76. The van der Waals surface area contributed by atoms with Crippen LogP contribution in [0, 0.1) is 5.92 Å². The molecule has 0 radical (unpaired) electrons. The lowest BCUT2D eigenvalue weighted by atomic mass is 9.97. The van der Waals surface area contributed by atoms with E-state index in [2.05, 4.69) is 9.88 Å². The van der Waals surface area contributed by atoms with Gasteiger partial charge in [0.2, 0.25) is 0 Å². The molecule has 0 aliphatic carbocycles. The van der Waals surface area contributed by atoms with Crippen molar-refractivity contribution in [2.45, 2.75) is 18.9 Å². The monoisotopic (exact) mass is 248 g/mol. The summed E-state index contributed by atoms with van der Waals surface area (Å²) in [5.41, 5.74) is 0. The van der Waals surface area contributed by atoms with Gasteiger partial charge in [-0.15, -0.1) is 0 Å². The first-order chi connectivity index (χ1) is 8.92. The van der Waals surface area contributed by atoms with Crippen molar-refractivity contribution in [3.05, 3.63) is 24.5 Å². The summed E-state index contributed by atoms with van der Waals surface area (Å²) in [5.74, 6) is 1.57. The quantitative estimate of drug-likeness (QED) is 0.810. The molecule has 0 N–H and O–H groups in total. The molecular weight excluding hydrogens is 228 g/mol. The van der Waals surface area contributed by atoms with Crippen LogP contribution >= 0.6 is 0 Å². The Morgan fingerprint density at radius 1 is 1.33 bits per heavy atom. The number of nitrogens with zero attached hydrogens (tertiary/aromatic N) is 2. The van der Waals surface area contributed by atoms with Crippen LogP contribution in [0.15, 0.2) is 24.5 Å². The van der Waals surface area contributed by atoms with Gasteiger partial charge in [0, 0.05) is 24.9 Å². The molecule has 3 rings (SSSR count). The van der Waals surface area contributed by atoms with E-state index in [0.29, 0.717) is 12.0 Å². The Bertz CT molecular complexity index is 367. The Morgan fingerprint density at radius 2 is 2.17 bits per heavy atom. The van der Waals surface area contributed by atoms with Gasteiger partial charge in [0.1, 0.15) is 5.75 Å². The predicted molar refractivity (Wildman–Crippen MR) is 68.6 cm³/mol. The average Bonchev–Trinajstić information content (AvgIpc) is 2.36. The average molecular weight is 248 g/mol. The zero-order valence-corrected chi connectivity index (χ0v) is 10.6. The van der Waals surface area contributed by atoms with Gasteiger partial charge in [-0.1, -0.05) is 0 Å². The fraction of sp³-hybridized carbons (Fsp3) is 0.643. The zero-order chi connectivity index (χ0) is 12.2. The van der Waals surface area contributed by atoms with Crippen LogP contribution in [0.2, 0.25) is 0 Å². The van der Waals surface area contributed by atoms with Gasteiger partial charge >= 0.3 is 0 Å². The Morgan fingerprint density at radius 3 is 2.89 bits per heavy atom. The molecule has 0 amide bonds. The largest absolute Gasteiger partial charge is 0.493 e. The van der Waals surface area contributed by atoms with E-state index in [1.807, 2.05) is 12.1 Å². The number of hydrogen-bond acceptors (Lipinski definition) is 4. The molecule has 4 nitrogen and oxygen atoms in total. The van der Waals surface area contributed by atoms with Crippen molar-refractivity contribution in [2.75, 3.05) is 32.9 Å². The zero-order valence-electron chi connectivity index (χ0n) is 10.6. The van der Waals surface area contributed by atoms with Gasteiger partial charge in [-0.25, -0.2) is 0 Å². The number of rotatable bonds is 4. The number of hydrogen-bond donors (Lipinski definition) is 0. The summed E-state index contributed by atoms with van der Waals surface area (Å²) >= 11 is 0. The van der Waals surface area contributed by atoms with Gasteiger partial charge < -0.3 is 9.47 Å². The molecule has 0 bridgehead atoms. The molecule has 2 aliphatic heterocycles. The second-order valence-corrected chi connectivity index (χ2v) is 5.19. The molecule has 0 aromatic carbocycles. The van der Waals surface area contributed by atoms with E-state index >= 15 is 0 Å². The Labute approximate surface area is 108 Å². The van der Waals surface area contributed by atoms with Crippen LogP contribution in [0.5, 0.6) is 5.75 Å². The van der Waals surface area contributed by atoms with Crippen LogP contribution in [-0.2, 0) is 4.74 Å². The van der Waals surface area contributed by atoms with Crippen LogP contribution in [0.1, 0.15) is 12.8 Å². The van der Waals surface area contributed by atoms with Crippen molar-refractivity contribution in [3.63, 3.8) is 0 Å². The van der Waals surface area contributed by atoms with E-state index in [1.54, 1.807) is 12.4 Å². The maximum Gasteiger partial charge on any atom is 0.122 e. The molecule has 18 heavy (non-hydrogen) atoms. The first-order valence-corrected chi connectivity index (χ1v) is 6.76. The topological polar surface area (TPSA) is 34.6 Å². The standard InChI is InChI=1S/C14H20N2O2/c1-2-12(8-16(7-1)13-10-17-11-13)9-18-14-3-5-15-6-4-14/h3-6,12-13H,1-2,7-11H2. The number of piperidine rings is 1. The Balaban J connectivity index is 1.47. The SMILES string of the molecule is c1cc(OCC2CCCN(C3COC3)C2)ccn1. The molecule has 1 aromatic heterocycles. The fourth-order valence-corrected chi connectivity index (χ4v) is 2.65. The minimum absolute atomic E-state index is 0.646. The first kappa shape index (κ1) is 11.9. The minimum Gasteiger partial charge on any atom is -0.493 e. The van der Waals surface area contributed by atoms with Crippen molar-refractivity contribution in [3.8, 4) is 5.75 Å². The van der Waals surface area contributed by atoms with Crippen LogP contribution in [0.25, 0.3) is 0 Å². The molecule has 1 atom stereocenters. The molecule has 1 aromatic rings. The third kappa shape index (κ3) is 2.82. The number of likely N-dealkylation sites (tertiary alicyclic amines) is 1. The second kappa shape index (κ2) is 5.67. The van der Waals surface area contributed by atoms with Crippen molar-refractivity contribution in [2.24, 2.45) is 5.92 Å². The van der Waals surface area contributed by atoms with Crippen LogP contribution in [0.3, 0.4) is 0 Å². The lowest BCUT2D eigenvalue weighted by molar-refractivity contribution is -0.0783. The third-order valence-electron chi connectivity index (χ3n) is 3.82. The van der Waals surface area contributed by atoms with E-state index in [1.165, 1.54) is 19.4 Å². The number of pyridine rings is 1. The molecule has 2 aliphatic rings. The highest BCUT2D eigenvalue weighted by Crippen LogP contribution is 2.22. The third-order valence-corrected chi connectivity index (χ3v) is 3.82. The highest BCUT2D eigenvalue weighted by molar-refractivity contribution is 5.16. The molecular formula is C14H20N2O2. The maximum atomic E-state index is 5.83. The molecule has 0 saturated carbocycles. The van der Waals surface area contributed by atoms with Crippen molar-refractivity contribution in [1.82, 2.24) is 9.88 Å². The van der Waals surface area contributed by atoms with Crippen LogP contribution in [-0.4, -0.2) is 48.8 Å².